The van der Waals surface area contributed by atoms with Crippen LogP contribution in [-0.2, 0) is 18.3 Å². The molecule has 2 atom stereocenters. The molecule has 6 rings (SSSR count). The highest BCUT2D eigenvalue weighted by Crippen LogP contribution is 2.77. The van der Waals surface area contributed by atoms with Gasteiger partial charge in [-0.1, -0.05) is 73.7 Å². The van der Waals surface area contributed by atoms with Gasteiger partial charge in [0.15, 0.2) is 11.6 Å². The fourth-order valence-electron chi connectivity index (χ4n) is 6.53. The van der Waals surface area contributed by atoms with E-state index in [2.05, 4.69) is 48.5 Å². The minimum Gasteiger partial charge on any atom is -0.294 e. The second-order valence-corrected chi connectivity index (χ2v) is 8.95. The van der Waals surface area contributed by atoms with Gasteiger partial charge >= 0.3 is 0 Å². The Bertz CT molecular complexity index is 1190. The Balaban J connectivity index is 1.72. The molecular formula is C27H22O2. The van der Waals surface area contributed by atoms with Crippen molar-refractivity contribution in [1.29, 1.82) is 0 Å². The van der Waals surface area contributed by atoms with Gasteiger partial charge in [-0.05, 0) is 47.6 Å². The smallest absolute Gasteiger partial charge is 0.171 e. The number of benzene rings is 3. The zero-order valence-corrected chi connectivity index (χ0v) is 16.7. The van der Waals surface area contributed by atoms with E-state index in [0.29, 0.717) is 11.1 Å². The fourth-order valence-corrected chi connectivity index (χ4v) is 6.53. The van der Waals surface area contributed by atoms with Crippen LogP contribution in [0.4, 0.5) is 0 Å². The lowest BCUT2D eigenvalue weighted by molar-refractivity contribution is 0.0821. The molecule has 2 unspecified atom stereocenters. The number of hydrogen-bond acceptors (Lipinski definition) is 2. The number of carbonyl (C=O) groups is 2. The Hall–Kier alpha value is -3.00. The van der Waals surface area contributed by atoms with E-state index < -0.39 is 10.8 Å². The van der Waals surface area contributed by atoms with Crippen LogP contribution in [0.5, 0.6) is 0 Å². The summed E-state index contributed by atoms with van der Waals surface area (Å²) in [6.45, 7) is 3.97. The van der Waals surface area contributed by atoms with Gasteiger partial charge in [-0.15, -0.1) is 0 Å². The molecule has 0 aromatic heterocycles. The molecule has 3 aromatic carbocycles. The lowest BCUT2D eigenvalue weighted by Crippen LogP contribution is -2.29. The van der Waals surface area contributed by atoms with Crippen molar-refractivity contribution in [3.8, 4) is 0 Å². The second kappa shape index (κ2) is 5.33. The summed E-state index contributed by atoms with van der Waals surface area (Å²) in [5, 5.41) is 0. The number of aryl methyl sites for hydroxylation is 3. The minimum atomic E-state index is -0.735. The fraction of sp³-hybridized carbons (Fsp3) is 0.259. The van der Waals surface area contributed by atoms with Crippen LogP contribution in [0.25, 0.3) is 0 Å². The van der Waals surface area contributed by atoms with Crippen LogP contribution in [-0.4, -0.2) is 11.6 Å². The Kier molecular flexibility index (Phi) is 3.11. The third kappa shape index (κ3) is 1.75. The molecule has 0 amide bonds. The van der Waals surface area contributed by atoms with Gasteiger partial charge in [-0.2, -0.15) is 0 Å². The van der Waals surface area contributed by atoms with Crippen molar-refractivity contribution in [1.82, 2.24) is 0 Å². The van der Waals surface area contributed by atoms with Crippen molar-refractivity contribution in [3.05, 3.63) is 106 Å². The van der Waals surface area contributed by atoms with Crippen LogP contribution in [0.15, 0.2) is 66.7 Å². The topological polar surface area (TPSA) is 34.1 Å². The Labute approximate surface area is 170 Å². The standard InChI is InChI=1S/C27H22O2/c1-16-8-7-11-19-22(16)23(28)24-26(2,25(19)29)27(24)20-12-5-3-9-17(20)14-15-18-10-4-6-13-21(18)27/h3-13,24H,14-15H2,1-2H3. The first kappa shape index (κ1) is 16.9. The van der Waals surface area contributed by atoms with E-state index >= 15 is 0 Å². The summed E-state index contributed by atoms with van der Waals surface area (Å²) >= 11 is 0. The SMILES string of the molecule is Cc1cccc2c1C(=O)C1C(C)(C2=O)C12c1ccccc1CCc1ccccc12. The average Bonchev–Trinajstić information content (AvgIpc) is 3.36. The first-order chi connectivity index (χ1) is 14.0. The molecular weight excluding hydrogens is 356 g/mol. The predicted octanol–water partition coefficient (Wildman–Crippen LogP) is 5.10. The van der Waals surface area contributed by atoms with E-state index in [1.165, 1.54) is 22.3 Å². The van der Waals surface area contributed by atoms with Gasteiger partial charge in [-0.25, -0.2) is 0 Å². The molecule has 3 aliphatic rings. The zero-order chi connectivity index (χ0) is 20.0. The summed E-state index contributed by atoms with van der Waals surface area (Å²) < 4.78 is 0. The number of hydrogen-bond donors (Lipinski definition) is 0. The van der Waals surface area contributed by atoms with E-state index in [4.69, 9.17) is 0 Å². The van der Waals surface area contributed by atoms with Crippen molar-refractivity contribution < 1.29 is 9.59 Å². The molecule has 1 saturated carbocycles. The first-order valence-corrected chi connectivity index (χ1v) is 10.4. The molecule has 0 radical (unpaired) electrons. The van der Waals surface area contributed by atoms with Crippen molar-refractivity contribution in [2.75, 3.05) is 0 Å². The summed E-state index contributed by atoms with van der Waals surface area (Å²) in [5.41, 5.74) is 5.70. The number of fused-ring (bicyclic) bond motifs is 8. The maximum absolute atomic E-state index is 13.9. The van der Waals surface area contributed by atoms with Crippen LogP contribution >= 0.6 is 0 Å². The van der Waals surface area contributed by atoms with Crippen LogP contribution in [0.1, 0.15) is 55.5 Å². The summed E-state index contributed by atoms with van der Waals surface area (Å²) in [7, 11) is 0. The largest absolute Gasteiger partial charge is 0.294 e. The molecule has 0 aliphatic heterocycles. The number of ketones is 2. The van der Waals surface area contributed by atoms with Gasteiger partial charge in [0.1, 0.15) is 0 Å². The maximum atomic E-state index is 13.9. The quantitative estimate of drug-likeness (QED) is 0.546. The van der Waals surface area contributed by atoms with Gasteiger partial charge in [0.05, 0.1) is 11.3 Å². The van der Waals surface area contributed by atoms with E-state index in [9.17, 15) is 9.59 Å². The first-order valence-electron chi connectivity index (χ1n) is 10.4. The molecule has 0 N–H and O–H groups in total. The normalized spacial score (nSPS) is 25.5. The summed E-state index contributed by atoms with van der Waals surface area (Å²) in [5.74, 6) is -0.0875. The highest BCUT2D eigenvalue weighted by Gasteiger charge is 2.83. The van der Waals surface area contributed by atoms with E-state index in [1.807, 2.05) is 32.0 Å². The lowest BCUT2D eigenvalue weighted by atomic mass is 9.76. The third-order valence-electron chi connectivity index (χ3n) is 7.79. The summed E-state index contributed by atoms with van der Waals surface area (Å²) in [6, 6.07) is 22.6. The van der Waals surface area contributed by atoms with Gasteiger partial charge in [0.2, 0.25) is 0 Å². The van der Waals surface area contributed by atoms with E-state index in [-0.39, 0.29) is 17.5 Å². The van der Waals surface area contributed by atoms with Crippen LogP contribution in [0.2, 0.25) is 0 Å². The molecule has 142 valence electrons. The van der Waals surface area contributed by atoms with Crippen LogP contribution in [0.3, 0.4) is 0 Å². The number of carbonyl (C=O) groups excluding carboxylic acids is 2. The third-order valence-corrected chi connectivity index (χ3v) is 7.79. The molecule has 2 heteroatoms. The van der Waals surface area contributed by atoms with Gasteiger partial charge in [0, 0.05) is 16.5 Å². The molecule has 2 nitrogen and oxygen atoms in total. The molecule has 3 aromatic rings. The maximum Gasteiger partial charge on any atom is 0.171 e. The predicted molar refractivity (Wildman–Crippen MR) is 113 cm³/mol. The zero-order valence-electron chi connectivity index (χ0n) is 16.7. The Morgan fingerprint density at radius 1 is 0.793 bits per heavy atom. The second-order valence-electron chi connectivity index (χ2n) is 8.95. The summed E-state index contributed by atoms with van der Waals surface area (Å²) in [4.78, 5) is 27.8. The number of rotatable bonds is 0. The highest BCUT2D eigenvalue weighted by molar-refractivity contribution is 6.24. The average molecular weight is 378 g/mol. The van der Waals surface area contributed by atoms with Crippen molar-refractivity contribution in [2.45, 2.75) is 32.1 Å². The summed E-state index contributed by atoms with van der Waals surface area (Å²) in [6.07, 6.45) is 1.87. The Morgan fingerprint density at radius 3 is 2.00 bits per heavy atom. The monoisotopic (exact) mass is 378 g/mol. The molecule has 0 bridgehead atoms. The lowest BCUT2D eigenvalue weighted by Gasteiger charge is -2.25. The van der Waals surface area contributed by atoms with E-state index in [1.54, 1.807) is 0 Å². The van der Waals surface area contributed by atoms with Crippen LogP contribution in [0, 0.1) is 18.3 Å². The molecule has 29 heavy (non-hydrogen) atoms. The van der Waals surface area contributed by atoms with Gasteiger partial charge in [0.25, 0.3) is 0 Å². The molecule has 3 aliphatic carbocycles. The van der Waals surface area contributed by atoms with Gasteiger partial charge in [-0.3, -0.25) is 9.59 Å². The molecule has 0 saturated heterocycles. The Morgan fingerprint density at radius 2 is 1.38 bits per heavy atom. The van der Waals surface area contributed by atoms with E-state index in [0.717, 1.165) is 18.4 Å². The highest BCUT2D eigenvalue weighted by atomic mass is 16.1. The number of Topliss-reactive ketones (excluding diaryl/α,β-unsaturated/α-hetero) is 2. The van der Waals surface area contributed by atoms with Crippen LogP contribution < -0.4 is 0 Å². The minimum absolute atomic E-state index is 0.118. The van der Waals surface area contributed by atoms with Gasteiger partial charge < -0.3 is 0 Å². The van der Waals surface area contributed by atoms with Crippen molar-refractivity contribution >= 4 is 11.6 Å². The molecule has 0 heterocycles. The molecule has 1 fully saturated rings. The van der Waals surface area contributed by atoms with Crippen molar-refractivity contribution in [3.63, 3.8) is 0 Å². The molecule has 1 spiro atoms. The van der Waals surface area contributed by atoms with Crippen molar-refractivity contribution in [2.24, 2.45) is 11.3 Å².